The Hall–Kier alpha value is -0.590. The zero-order chi connectivity index (χ0) is 7.56. The second-order valence-electron chi connectivity index (χ2n) is 3.17. The molecule has 1 fully saturated rings. The normalized spacial score (nSPS) is 19.4. The van der Waals surface area contributed by atoms with Crippen LogP contribution in [0.25, 0.3) is 0 Å². The van der Waals surface area contributed by atoms with Crippen molar-refractivity contribution < 1.29 is 4.79 Å². The fourth-order valence-corrected chi connectivity index (χ4v) is 1.34. The van der Waals surface area contributed by atoms with Gasteiger partial charge in [0.1, 0.15) is 5.78 Å². The largest absolute Gasteiger partial charge is 0.299 e. The molecule has 1 aliphatic carbocycles. The van der Waals surface area contributed by atoms with Crippen molar-refractivity contribution in [1.29, 1.82) is 0 Å². The average Bonchev–Trinajstić information content (AvgIpc) is 1.88. The summed E-state index contributed by atoms with van der Waals surface area (Å²) < 4.78 is 0. The molecule has 1 saturated carbocycles. The van der Waals surface area contributed by atoms with Crippen LogP contribution in [0.1, 0.15) is 39.5 Å². The van der Waals surface area contributed by atoms with E-state index in [-0.39, 0.29) is 0 Å². The lowest BCUT2D eigenvalue weighted by Crippen LogP contribution is -2.07. The molecule has 0 unspecified atom stereocenters. The number of carbonyl (C=O) groups excluding carboxylic acids is 1. The number of Topliss-reactive ketones (excluding diaryl/α,β-unsaturated/α-hetero) is 1. The molecular weight excluding hydrogens is 124 g/mol. The summed E-state index contributed by atoms with van der Waals surface area (Å²) in [6.07, 6.45) is 3.74. The third-order valence-electron chi connectivity index (χ3n) is 2.05. The van der Waals surface area contributed by atoms with Gasteiger partial charge in [-0.25, -0.2) is 0 Å². The Labute approximate surface area is 62.1 Å². The summed E-state index contributed by atoms with van der Waals surface area (Å²) in [6.45, 7) is 4.18. The number of allylic oxidation sites excluding steroid dienone is 2. The smallest absolute Gasteiger partial charge is 0.136 e. The van der Waals surface area contributed by atoms with Crippen molar-refractivity contribution in [2.75, 3.05) is 0 Å². The lowest BCUT2D eigenvalue weighted by Gasteiger charge is -2.13. The maximum absolute atomic E-state index is 10.9. The second-order valence-corrected chi connectivity index (χ2v) is 3.17. The van der Waals surface area contributed by atoms with Gasteiger partial charge in [-0.15, -0.1) is 0 Å². The Morgan fingerprint density at radius 1 is 1.30 bits per heavy atom. The first kappa shape index (κ1) is 7.52. The van der Waals surface area contributed by atoms with Crippen LogP contribution < -0.4 is 0 Å². The SMILES string of the molecule is CC(C)=C1CCCC(=O)C1. The fraction of sp³-hybridized carbons (Fsp3) is 0.667. The van der Waals surface area contributed by atoms with Crippen LogP contribution in [0.2, 0.25) is 0 Å². The van der Waals surface area contributed by atoms with Gasteiger partial charge in [-0.05, 0) is 26.7 Å². The summed E-state index contributed by atoms with van der Waals surface area (Å²) in [5.74, 6) is 0.419. The number of hydrogen-bond donors (Lipinski definition) is 0. The summed E-state index contributed by atoms with van der Waals surface area (Å²) in [5, 5.41) is 0. The molecule has 0 amide bonds. The van der Waals surface area contributed by atoms with Crippen LogP contribution in [-0.2, 0) is 4.79 Å². The van der Waals surface area contributed by atoms with Gasteiger partial charge in [0, 0.05) is 12.8 Å². The zero-order valence-corrected chi connectivity index (χ0v) is 6.74. The topological polar surface area (TPSA) is 17.1 Å². The van der Waals surface area contributed by atoms with E-state index in [9.17, 15) is 4.79 Å². The highest BCUT2D eigenvalue weighted by Gasteiger charge is 2.13. The predicted octanol–water partition coefficient (Wildman–Crippen LogP) is 2.47. The molecule has 0 bridgehead atoms. The molecule has 1 aliphatic rings. The van der Waals surface area contributed by atoms with Gasteiger partial charge in [-0.1, -0.05) is 11.1 Å². The number of carbonyl (C=O) groups is 1. The van der Waals surface area contributed by atoms with Crippen molar-refractivity contribution in [3.05, 3.63) is 11.1 Å². The standard InChI is InChI=1S/C9H14O/c1-7(2)8-4-3-5-9(10)6-8/h3-6H2,1-2H3. The second kappa shape index (κ2) is 3.00. The lowest BCUT2D eigenvalue weighted by molar-refractivity contribution is -0.119. The molecule has 10 heavy (non-hydrogen) atoms. The predicted molar refractivity (Wildman–Crippen MR) is 41.8 cm³/mol. The Morgan fingerprint density at radius 3 is 2.40 bits per heavy atom. The van der Waals surface area contributed by atoms with Crippen LogP contribution in [0.15, 0.2) is 11.1 Å². The zero-order valence-electron chi connectivity index (χ0n) is 6.74. The highest BCUT2D eigenvalue weighted by Crippen LogP contribution is 2.22. The molecule has 0 aliphatic heterocycles. The number of rotatable bonds is 0. The molecule has 0 aromatic carbocycles. The molecular formula is C9H14O. The van der Waals surface area contributed by atoms with E-state index in [1.54, 1.807) is 0 Å². The summed E-state index contributed by atoms with van der Waals surface area (Å²) in [5.41, 5.74) is 2.71. The maximum Gasteiger partial charge on any atom is 0.136 e. The first-order valence-electron chi connectivity index (χ1n) is 3.87. The Bertz CT molecular complexity index is 173. The van der Waals surface area contributed by atoms with E-state index in [1.165, 1.54) is 11.1 Å². The molecule has 1 nitrogen and oxygen atoms in total. The molecule has 0 atom stereocenters. The average molecular weight is 138 g/mol. The van der Waals surface area contributed by atoms with Crippen molar-refractivity contribution in [3.8, 4) is 0 Å². The van der Waals surface area contributed by atoms with Crippen LogP contribution in [0.5, 0.6) is 0 Å². The van der Waals surface area contributed by atoms with Gasteiger partial charge in [0.05, 0.1) is 0 Å². The van der Waals surface area contributed by atoms with Gasteiger partial charge in [0.25, 0.3) is 0 Å². The van der Waals surface area contributed by atoms with Crippen molar-refractivity contribution in [3.63, 3.8) is 0 Å². The number of ketones is 1. The summed E-state index contributed by atoms with van der Waals surface area (Å²) in [4.78, 5) is 10.9. The van der Waals surface area contributed by atoms with Crippen molar-refractivity contribution in [2.45, 2.75) is 39.5 Å². The molecule has 0 saturated heterocycles. The molecule has 0 spiro atoms. The molecule has 1 heteroatoms. The van der Waals surface area contributed by atoms with Gasteiger partial charge in [-0.2, -0.15) is 0 Å². The molecule has 0 aromatic rings. The van der Waals surface area contributed by atoms with Crippen LogP contribution in [0.3, 0.4) is 0 Å². The summed E-state index contributed by atoms with van der Waals surface area (Å²) in [7, 11) is 0. The van der Waals surface area contributed by atoms with Crippen LogP contribution in [-0.4, -0.2) is 5.78 Å². The van der Waals surface area contributed by atoms with E-state index in [0.717, 1.165) is 25.7 Å². The van der Waals surface area contributed by atoms with E-state index < -0.39 is 0 Å². The molecule has 0 radical (unpaired) electrons. The monoisotopic (exact) mass is 138 g/mol. The Balaban J connectivity index is 2.64. The lowest BCUT2D eigenvalue weighted by atomic mass is 9.91. The van der Waals surface area contributed by atoms with E-state index in [0.29, 0.717) is 5.78 Å². The Kier molecular flexibility index (Phi) is 2.25. The molecule has 0 heterocycles. The summed E-state index contributed by atoms with van der Waals surface area (Å²) in [6, 6.07) is 0. The maximum atomic E-state index is 10.9. The molecule has 0 N–H and O–H groups in total. The highest BCUT2D eigenvalue weighted by molar-refractivity contribution is 5.82. The third-order valence-corrected chi connectivity index (χ3v) is 2.05. The minimum Gasteiger partial charge on any atom is -0.299 e. The quantitative estimate of drug-likeness (QED) is 0.470. The highest BCUT2D eigenvalue weighted by atomic mass is 16.1. The van der Waals surface area contributed by atoms with E-state index in [1.807, 2.05) is 0 Å². The first-order valence-corrected chi connectivity index (χ1v) is 3.87. The van der Waals surface area contributed by atoms with Gasteiger partial charge >= 0.3 is 0 Å². The van der Waals surface area contributed by atoms with Gasteiger partial charge < -0.3 is 0 Å². The minimum atomic E-state index is 0.419. The van der Waals surface area contributed by atoms with E-state index in [2.05, 4.69) is 13.8 Å². The minimum absolute atomic E-state index is 0.419. The van der Waals surface area contributed by atoms with Crippen LogP contribution >= 0.6 is 0 Å². The Morgan fingerprint density at radius 2 is 2.00 bits per heavy atom. The van der Waals surface area contributed by atoms with Crippen molar-refractivity contribution in [1.82, 2.24) is 0 Å². The van der Waals surface area contributed by atoms with Crippen LogP contribution in [0, 0.1) is 0 Å². The van der Waals surface area contributed by atoms with E-state index >= 15 is 0 Å². The van der Waals surface area contributed by atoms with Crippen molar-refractivity contribution >= 4 is 5.78 Å². The van der Waals surface area contributed by atoms with E-state index in [4.69, 9.17) is 0 Å². The van der Waals surface area contributed by atoms with Gasteiger partial charge in [0.2, 0.25) is 0 Å². The van der Waals surface area contributed by atoms with Crippen molar-refractivity contribution in [2.24, 2.45) is 0 Å². The van der Waals surface area contributed by atoms with Crippen LogP contribution in [0.4, 0.5) is 0 Å². The summed E-state index contributed by atoms with van der Waals surface area (Å²) >= 11 is 0. The molecule has 56 valence electrons. The first-order chi connectivity index (χ1) is 4.70. The van der Waals surface area contributed by atoms with Gasteiger partial charge in [-0.3, -0.25) is 4.79 Å². The molecule has 0 aromatic heterocycles. The fourth-order valence-electron chi connectivity index (χ4n) is 1.34. The number of hydrogen-bond acceptors (Lipinski definition) is 1. The third kappa shape index (κ3) is 1.69. The van der Waals surface area contributed by atoms with Gasteiger partial charge in [0.15, 0.2) is 0 Å². The molecule has 1 rings (SSSR count).